The number of halogens is 1. The second kappa shape index (κ2) is 6.27. The van der Waals surface area contributed by atoms with Gasteiger partial charge in [0.15, 0.2) is 0 Å². The van der Waals surface area contributed by atoms with Crippen LogP contribution in [0.25, 0.3) is 0 Å². The first-order valence-electron chi connectivity index (χ1n) is 7.19. The van der Waals surface area contributed by atoms with Gasteiger partial charge < -0.3 is 10.1 Å². The number of ether oxygens (including phenoxy) is 1. The predicted octanol–water partition coefficient (Wildman–Crippen LogP) is 4.45. The summed E-state index contributed by atoms with van der Waals surface area (Å²) in [5, 5.41) is 3.49. The van der Waals surface area contributed by atoms with E-state index in [1.165, 1.54) is 24.8 Å². The van der Waals surface area contributed by atoms with Crippen molar-refractivity contribution in [2.24, 2.45) is 0 Å². The summed E-state index contributed by atoms with van der Waals surface area (Å²) in [5.41, 5.74) is 1.30. The molecule has 0 radical (unpaired) electrons. The number of rotatable bonds is 6. The van der Waals surface area contributed by atoms with E-state index < -0.39 is 0 Å². The van der Waals surface area contributed by atoms with Crippen LogP contribution in [0.2, 0.25) is 0 Å². The molecule has 0 spiro atoms. The van der Waals surface area contributed by atoms with E-state index >= 15 is 0 Å². The highest BCUT2D eigenvalue weighted by atomic mass is 79.9. The van der Waals surface area contributed by atoms with E-state index in [0.717, 1.165) is 23.2 Å². The molecular weight excluding hydrogens is 302 g/mol. The molecule has 1 aliphatic carbocycles. The van der Waals surface area contributed by atoms with Gasteiger partial charge in [-0.3, -0.25) is 0 Å². The Morgan fingerprint density at radius 1 is 1.37 bits per heavy atom. The van der Waals surface area contributed by atoms with Crippen molar-refractivity contribution in [1.82, 2.24) is 5.32 Å². The minimum atomic E-state index is 0.0716. The van der Waals surface area contributed by atoms with Crippen LogP contribution in [0.3, 0.4) is 0 Å². The largest absolute Gasteiger partial charge is 0.487 e. The van der Waals surface area contributed by atoms with Gasteiger partial charge in [0.1, 0.15) is 11.4 Å². The minimum Gasteiger partial charge on any atom is -0.487 e. The highest BCUT2D eigenvalue weighted by molar-refractivity contribution is 9.10. The highest BCUT2D eigenvalue weighted by Gasteiger charge is 2.38. The lowest BCUT2D eigenvalue weighted by Gasteiger charge is -2.42. The molecular formula is C16H24BrNO. The number of benzene rings is 1. The molecule has 1 fully saturated rings. The Morgan fingerprint density at radius 3 is 2.63 bits per heavy atom. The molecule has 19 heavy (non-hydrogen) atoms. The highest BCUT2D eigenvalue weighted by Crippen LogP contribution is 2.39. The Bertz CT molecular complexity index is 427. The summed E-state index contributed by atoms with van der Waals surface area (Å²) < 4.78 is 7.44. The zero-order valence-corrected chi connectivity index (χ0v) is 13.7. The average Bonchev–Trinajstić information content (AvgIpc) is 2.30. The van der Waals surface area contributed by atoms with Gasteiger partial charge in [-0.1, -0.05) is 29.8 Å². The minimum absolute atomic E-state index is 0.0716. The second-order valence-corrected chi connectivity index (χ2v) is 6.76. The summed E-state index contributed by atoms with van der Waals surface area (Å²) in [6, 6.07) is 6.81. The van der Waals surface area contributed by atoms with Gasteiger partial charge in [-0.2, -0.15) is 0 Å². The smallest absolute Gasteiger partial charge is 0.120 e. The Balaban J connectivity index is 1.95. The maximum atomic E-state index is 6.29. The molecule has 1 saturated carbocycles. The van der Waals surface area contributed by atoms with E-state index in [4.69, 9.17) is 4.74 Å². The van der Waals surface area contributed by atoms with Crippen LogP contribution in [0, 0.1) is 6.92 Å². The molecule has 106 valence electrons. The van der Waals surface area contributed by atoms with Crippen LogP contribution >= 0.6 is 15.9 Å². The lowest BCUT2D eigenvalue weighted by atomic mass is 9.77. The van der Waals surface area contributed by atoms with Crippen LogP contribution < -0.4 is 10.1 Å². The van der Waals surface area contributed by atoms with Crippen LogP contribution in [0.4, 0.5) is 0 Å². The van der Waals surface area contributed by atoms with Gasteiger partial charge in [-0.05, 0) is 62.9 Å². The molecule has 1 aliphatic rings. The quantitative estimate of drug-likeness (QED) is 0.834. The van der Waals surface area contributed by atoms with Gasteiger partial charge in [0.05, 0.1) is 0 Å². The molecule has 0 unspecified atom stereocenters. The Morgan fingerprint density at radius 2 is 2.11 bits per heavy atom. The van der Waals surface area contributed by atoms with E-state index in [0.29, 0.717) is 6.04 Å². The van der Waals surface area contributed by atoms with Crippen molar-refractivity contribution in [3.8, 4) is 5.75 Å². The molecule has 0 aromatic heterocycles. The molecule has 0 amide bonds. The molecule has 2 rings (SSSR count). The summed E-state index contributed by atoms with van der Waals surface area (Å²) >= 11 is 3.53. The first kappa shape index (κ1) is 14.9. The summed E-state index contributed by atoms with van der Waals surface area (Å²) in [4.78, 5) is 0. The third-order valence-corrected chi connectivity index (χ3v) is 4.75. The Kier molecular flexibility index (Phi) is 4.91. The zero-order chi connectivity index (χ0) is 13.9. The maximum absolute atomic E-state index is 6.29. The van der Waals surface area contributed by atoms with Crippen LogP contribution in [0.5, 0.6) is 5.75 Å². The fourth-order valence-electron chi connectivity index (χ4n) is 2.49. The van der Waals surface area contributed by atoms with E-state index in [-0.39, 0.29) is 5.60 Å². The second-order valence-electron chi connectivity index (χ2n) is 5.91. The van der Waals surface area contributed by atoms with Crippen molar-refractivity contribution in [2.45, 2.75) is 58.1 Å². The molecule has 3 heteroatoms. The molecule has 0 heterocycles. The van der Waals surface area contributed by atoms with Gasteiger partial charge in [-0.15, -0.1) is 0 Å². The first-order chi connectivity index (χ1) is 9.01. The zero-order valence-electron chi connectivity index (χ0n) is 12.1. The molecule has 0 atom stereocenters. The summed E-state index contributed by atoms with van der Waals surface area (Å²) in [6.07, 6.45) is 4.75. The Hall–Kier alpha value is -0.540. The van der Waals surface area contributed by atoms with E-state index in [9.17, 15) is 0 Å². The van der Waals surface area contributed by atoms with Crippen LogP contribution in [0.1, 0.15) is 45.1 Å². The van der Waals surface area contributed by atoms with Crippen molar-refractivity contribution in [3.05, 3.63) is 28.2 Å². The summed E-state index contributed by atoms with van der Waals surface area (Å²) in [6.45, 7) is 7.51. The molecule has 1 aromatic rings. The van der Waals surface area contributed by atoms with Crippen molar-refractivity contribution in [2.75, 3.05) is 6.54 Å². The fourth-order valence-corrected chi connectivity index (χ4v) is 2.74. The molecule has 1 N–H and O–H groups in total. The molecule has 2 nitrogen and oxygen atoms in total. The van der Waals surface area contributed by atoms with Crippen molar-refractivity contribution >= 4 is 15.9 Å². The van der Waals surface area contributed by atoms with Crippen LogP contribution in [-0.4, -0.2) is 18.2 Å². The van der Waals surface area contributed by atoms with E-state index in [1.807, 2.05) is 0 Å². The Labute approximate surface area is 125 Å². The van der Waals surface area contributed by atoms with Crippen LogP contribution in [0.15, 0.2) is 22.7 Å². The van der Waals surface area contributed by atoms with Gasteiger partial charge in [0.25, 0.3) is 0 Å². The molecule has 0 bridgehead atoms. The lowest BCUT2D eigenvalue weighted by molar-refractivity contribution is -0.0145. The molecule has 1 aromatic carbocycles. The normalized spacial score (nSPS) is 17.3. The van der Waals surface area contributed by atoms with E-state index in [2.05, 4.69) is 60.2 Å². The van der Waals surface area contributed by atoms with Crippen molar-refractivity contribution < 1.29 is 4.74 Å². The summed E-state index contributed by atoms with van der Waals surface area (Å²) in [5.74, 6) is 1.00. The van der Waals surface area contributed by atoms with Crippen LogP contribution in [-0.2, 0) is 0 Å². The first-order valence-corrected chi connectivity index (χ1v) is 7.99. The third-order valence-electron chi connectivity index (χ3n) is 3.86. The van der Waals surface area contributed by atoms with Crippen molar-refractivity contribution in [1.29, 1.82) is 0 Å². The van der Waals surface area contributed by atoms with Gasteiger partial charge in [0, 0.05) is 10.5 Å². The predicted molar refractivity (Wildman–Crippen MR) is 83.8 cm³/mol. The third kappa shape index (κ3) is 3.96. The number of aryl methyl sites for hydroxylation is 1. The summed E-state index contributed by atoms with van der Waals surface area (Å²) in [7, 11) is 0. The van der Waals surface area contributed by atoms with Gasteiger partial charge in [0.2, 0.25) is 0 Å². The van der Waals surface area contributed by atoms with E-state index in [1.54, 1.807) is 0 Å². The number of hydrogen-bond donors (Lipinski definition) is 1. The fraction of sp³-hybridized carbons (Fsp3) is 0.625. The monoisotopic (exact) mass is 325 g/mol. The lowest BCUT2D eigenvalue weighted by Crippen LogP contribution is -2.45. The topological polar surface area (TPSA) is 21.3 Å². The molecule has 0 saturated heterocycles. The van der Waals surface area contributed by atoms with Gasteiger partial charge >= 0.3 is 0 Å². The average molecular weight is 326 g/mol. The standard InChI is InChI=1S/C16H24BrNO/c1-12(2)18-10-9-16(7-4-8-16)19-14-5-6-15(17)13(3)11-14/h5-6,11-12,18H,4,7-10H2,1-3H3. The maximum Gasteiger partial charge on any atom is 0.120 e. The number of hydrogen-bond acceptors (Lipinski definition) is 2. The van der Waals surface area contributed by atoms with Crippen molar-refractivity contribution in [3.63, 3.8) is 0 Å². The number of nitrogens with one attached hydrogen (secondary N) is 1. The molecule has 0 aliphatic heterocycles. The SMILES string of the molecule is Cc1cc(OC2(CCNC(C)C)CCC2)ccc1Br. The van der Waals surface area contributed by atoms with Gasteiger partial charge in [-0.25, -0.2) is 0 Å².